The van der Waals surface area contributed by atoms with E-state index < -0.39 is 0 Å². The molecule has 1 aliphatic rings. The van der Waals surface area contributed by atoms with Gasteiger partial charge in [0, 0.05) is 25.3 Å². The SMILES string of the molecule is Nc1cccc(CCN2CCNC(=O)C2)c1. The van der Waals surface area contributed by atoms with Gasteiger partial charge in [-0.2, -0.15) is 0 Å². The fourth-order valence-corrected chi connectivity index (χ4v) is 1.92. The van der Waals surface area contributed by atoms with E-state index in [-0.39, 0.29) is 5.91 Å². The second-order valence-electron chi connectivity index (χ2n) is 4.12. The third kappa shape index (κ3) is 2.97. The number of nitrogens with one attached hydrogen (secondary N) is 1. The Kier molecular flexibility index (Phi) is 3.41. The van der Waals surface area contributed by atoms with E-state index >= 15 is 0 Å². The number of hydrogen-bond donors (Lipinski definition) is 2. The third-order valence-corrected chi connectivity index (χ3v) is 2.79. The van der Waals surface area contributed by atoms with Crippen molar-refractivity contribution in [3.05, 3.63) is 29.8 Å². The van der Waals surface area contributed by atoms with E-state index in [1.807, 2.05) is 18.2 Å². The van der Waals surface area contributed by atoms with Crippen molar-refractivity contribution >= 4 is 11.6 Å². The largest absolute Gasteiger partial charge is 0.399 e. The minimum absolute atomic E-state index is 0.124. The van der Waals surface area contributed by atoms with Crippen molar-refractivity contribution in [2.24, 2.45) is 0 Å². The zero-order valence-electron chi connectivity index (χ0n) is 9.28. The highest BCUT2D eigenvalue weighted by atomic mass is 16.2. The van der Waals surface area contributed by atoms with Crippen LogP contribution in [0.25, 0.3) is 0 Å². The van der Waals surface area contributed by atoms with E-state index in [1.165, 1.54) is 5.56 Å². The van der Waals surface area contributed by atoms with Crippen molar-refractivity contribution in [1.29, 1.82) is 0 Å². The summed E-state index contributed by atoms with van der Waals surface area (Å²) >= 11 is 0. The average molecular weight is 219 g/mol. The van der Waals surface area contributed by atoms with Gasteiger partial charge >= 0.3 is 0 Å². The van der Waals surface area contributed by atoms with Crippen molar-refractivity contribution in [2.45, 2.75) is 6.42 Å². The van der Waals surface area contributed by atoms with Crippen molar-refractivity contribution in [3.63, 3.8) is 0 Å². The molecule has 0 spiro atoms. The predicted octanol–water partition coefficient (Wildman–Crippen LogP) is 0.243. The summed E-state index contributed by atoms with van der Waals surface area (Å²) < 4.78 is 0. The summed E-state index contributed by atoms with van der Waals surface area (Å²) in [6.07, 6.45) is 0.943. The van der Waals surface area contributed by atoms with E-state index in [2.05, 4.69) is 16.3 Å². The molecule has 0 aliphatic carbocycles. The molecule has 1 aromatic carbocycles. The summed E-state index contributed by atoms with van der Waals surface area (Å²) in [5.41, 5.74) is 7.74. The number of amides is 1. The molecule has 86 valence electrons. The number of nitrogen functional groups attached to an aromatic ring is 1. The normalized spacial score (nSPS) is 17.1. The number of hydrogen-bond acceptors (Lipinski definition) is 3. The Morgan fingerprint density at radius 3 is 3.06 bits per heavy atom. The van der Waals surface area contributed by atoms with Gasteiger partial charge in [0.15, 0.2) is 0 Å². The second-order valence-corrected chi connectivity index (χ2v) is 4.12. The quantitative estimate of drug-likeness (QED) is 0.716. The van der Waals surface area contributed by atoms with E-state index in [0.717, 1.165) is 31.7 Å². The maximum absolute atomic E-state index is 11.2. The van der Waals surface area contributed by atoms with E-state index in [9.17, 15) is 4.79 Å². The van der Waals surface area contributed by atoms with Crippen LogP contribution in [0.2, 0.25) is 0 Å². The van der Waals surface area contributed by atoms with Gasteiger partial charge in [0.1, 0.15) is 0 Å². The van der Waals surface area contributed by atoms with Crippen LogP contribution in [-0.4, -0.2) is 37.0 Å². The van der Waals surface area contributed by atoms with Gasteiger partial charge in [-0.25, -0.2) is 0 Å². The molecule has 16 heavy (non-hydrogen) atoms. The van der Waals surface area contributed by atoms with Gasteiger partial charge in [-0.15, -0.1) is 0 Å². The summed E-state index contributed by atoms with van der Waals surface area (Å²) in [5.74, 6) is 0.124. The molecule has 1 aliphatic heterocycles. The molecule has 2 rings (SSSR count). The van der Waals surface area contributed by atoms with Crippen LogP contribution >= 0.6 is 0 Å². The molecule has 0 atom stereocenters. The molecule has 1 amide bonds. The fraction of sp³-hybridized carbons (Fsp3) is 0.417. The van der Waals surface area contributed by atoms with Crippen LogP contribution in [0.15, 0.2) is 24.3 Å². The summed E-state index contributed by atoms with van der Waals surface area (Å²) in [5, 5.41) is 2.82. The van der Waals surface area contributed by atoms with Crippen molar-refractivity contribution in [1.82, 2.24) is 10.2 Å². The number of carbonyl (C=O) groups excluding carboxylic acids is 1. The summed E-state index contributed by atoms with van der Waals surface area (Å²) in [6, 6.07) is 7.91. The van der Waals surface area contributed by atoms with Crippen LogP contribution in [-0.2, 0) is 11.2 Å². The first-order valence-electron chi connectivity index (χ1n) is 5.57. The molecule has 0 unspecified atom stereocenters. The molecule has 3 N–H and O–H groups in total. The minimum Gasteiger partial charge on any atom is -0.399 e. The monoisotopic (exact) mass is 219 g/mol. The summed E-state index contributed by atoms with van der Waals surface area (Å²) in [4.78, 5) is 13.3. The number of nitrogens with zero attached hydrogens (tertiary/aromatic N) is 1. The topological polar surface area (TPSA) is 58.4 Å². The average Bonchev–Trinajstić information content (AvgIpc) is 2.27. The first-order chi connectivity index (χ1) is 7.74. The Morgan fingerprint density at radius 2 is 2.31 bits per heavy atom. The van der Waals surface area contributed by atoms with Crippen molar-refractivity contribution < 1.29 is 4.79 Å². The van der Waals surface area contributed by atoms with Gasteiger partial charge in [0.05, 0.1) is 6.54 Å². The van der Waals surface area contributed by atoms with Gasteiger partial charge in [0.2, 0.25) is 5.91 Å². The minimum atomic E-state index is 0.124. The Labute approximate surface area is 95.4 Å². The van der Waals surface area contributed by atoms with Gasteiger partial charge in [0.25, 0.3) is 0 Å². The van der Waals surface area contributed by atoms with Crippen LogP contribution in [0.3, 0.4) is 0 Å². The molecule has 1 heterocycles. The molecule has 1 fully saturated rings. The van der Waals surface area contributed by atoms with Gasteiger partial charge in [-0.05, 0) is 24.1 Å². The van der Waals surface area contributed by atoms with Crippen molar-refractivity contribution in [2.75, 3.05) is 31.9 Å². The molecule has 0 bridgehead atoms. The van der Waals surface area contributed by atoms with Gasteiger partial charge in [-0.3, -0.25) is 9.69 Å². The number of rotatable bonds is 3. The number of carbonyl (C=O) groups is 1. The highest BCUT2D eigenvalue weighted by molar-refractivity contribution is 5.78. The van der Waals surface area contributed by atoms with Crippen LogP contribution in [0, 0.1) is 0 Å². The number of benzene rings is 1. The zero-order chi connectivity index (χ0) is 11.4. The Morgan fingerprint density at radius 1 is 1.44 bits per heavy atom. The lowest BCUT2D eigenvalue weighted by Gasteiger charge is -2.26. The first kappa shape index (κ1) is 11.0. The molecular formula is C12H17N3O. The molecule has 0 aromatic heterocycles. The highest BCUT2D eigenvalue weighted by Crippen LogP contribution is 2.08. The fourth-order valence-electron chi connectivity index (χ4n) is 1.92. The van der Waals surface area contributed by atoms with E-state index in [4.69, 9.17) is 5.73 Å². The molecule has 4 heteroatoms. The first-order valence-corrected chi connectivity index (χ1v) is 5.57. The molecule has 4 nitrogen and oxygen atoms in total. The lowest BCUT2D eigenvalue weighted by molar-refractivity contribution is -0.124. The molecule has 1 saturated heterocycles. The van der Waals surface area contributed by atoms with Gasteiger partial charge in [-0.1, -0.05) is 12.1 Å². The Bertz CT molecular complexity index is 378. The second kappa shape index (κ2) is 4.99. The summed E-state index contributed by atoms with van der Waals surface area (Å²) in [6.45, 7) is 3.13. The number of nitrogens with two attached hydrogens (primary N) is 1. The highest BCUT2D eigenvalue weighted by Gasteiger charge is 2.15. The van der Waals surface area contributed by atoms with Crippen LogP contribution in [0.5, 0.6) is 0 Å². The van der Waals surface area contributed by atoms with Crippen LogP contribution < -0.4 is 11.1 Å². The lowest BCUT2D eigenvalue weighted by Crippen LogP contribution is -2.48. The maximum atomic E-state index is 11.2. The lowest BCUT2D eigenvalue weighted by atomic mass is 10.1. The summed E-state index contributed by atoms with van der Waals surface area (Å²) in [7, 11) is 0. The van der Waals surface area contributed by atoms with Crippen LogP contribution in [0.4, 0.5) is 5.69 Å². The molecular weight excluding hydrogens is 202 g/mol. The molecule has 0 saturated carbocycles. The third-order valence-electron chi connectivity index (χ3n) is 2.79. The Balaban J connectivity index is 1.85. The molecule has 1 aromatic rings. The standard InChI is InChI=1S/C12H17N3O/c13-11-3-1-2-10(8-11)4-6-15-7-5-14-12(16)9-15/h1-3,8H,4-7,9,13H2,(H,14,16). The maximum Gasteiger partial charge on any atom is 0.234 e. The van der Waals surface area contributed by atoms with Crippen LogP contribution in [0.1, 0.15) is 5.56 Å². The molecule has 0 radical (unpaired) electrons. The Hall–Kier alpha value is -1.55. The number of piperazine rings is 1. The predicted molar refractivity (Wildman–Crippen MR) is 64.0 cm³/mol. The van der Waals surface area contributed by atoms with E-state index in [1.54, 1.807) is 0 Å². The zero-order valence-corrected chi connectivity index (χ0v) is 9.28. The van der Waals surface area contributed by atoms with Crippen molar-refractivity contribution in [3.8, 4) is 0 Å². The van der Waals surface area contributed by atoms with E-state index in [0.29, 0.717) is 6.54 Å². The van der Waals surface area contributed by atoms with Gasteiger partial charge < -0.3 is 11.1 Å². The smallest absolute Gasteiger partial charge is 0.234 e. The number of anilines is 1.